The fraction of sp³-hybridized carbons (Fsp3) is 0. The van der Waals surface area contributed by atoms with E-state index in [0.29, 0.717) is 0 Å². The van der Waals surface area contributed by atoms with Gasteiger partial charge in [0, 0.05) is 105 Å². The van der Waals surface area contributed by atoms with Crippen molar-refractivity contribution in [3.05, 3.63) is 0 Å². The van der Waals surface area contributed by atoms with Crippen LogP contribution in [0.25, 0.3) is 0 Å². The molecular weight excluding hydrogens is 805 g/mol. The van der Waals surface area contributed by atoms with Crippen LogP contribution >= 0.6 is 0 Å². The van der Waals surface area contributed by atoms with E-state index in [2.05, 4.69) is 0 Å². The third-order valence-electron chi connectivity index (χ3n) is 0. The smallest absolute Gasteiger partial charge is 0 e. The van der Waals surface area contributed by atoms with Crippen LogP contribution in [0, 0.1) is 87.5 Å². The van der Waals surface area contributed by atoms with Gasteiger partial charge in [-0.25, -0.2) is 0 Å². The van der Waals surface area contributed by atoms with Crippen LogP contribution in [-0.2, 0) is 0 Å². The Kier molecular flexibility index (Phi) is 104. The van der Waals surface area contributed by atoms with Crippen molar-refractivity contribution in [2.24, 2.45) is 0 Å². The van der Waals surface area contributed by atoms with Gasteiger partial charge in [0.25, 0.3) is 0 Å². The quantitative estimate of drug-likeness (QED) is 0.294. The normalized spacial score (nSPS) is 0. The van der Waals surface area contributed by atoms with Crippen LogP contribution in [0.1, 0.15) is 0 Å². The molecular formula is GePu3. The SMILES string of the molecule is [Ge].[Pu].[Pu].[Pu]. The molecule has 0 aliphatic carbocycles. The molecule has 0 nitrogen and oxygen atoms in total. The average molecular weight is 805 g/mol. The molecule has 0 heterocycles. The van der Waals surface area contributed by atoms with Gasteiger partial charge in [-0.15, -0.1) is 0 Å². The summed E-state index contributed by atoms with van der Waals surface area (Å²) in [6, 6.07) is 0. The summed E-state index contributed by atoms with van der Waals surface area (Å²) >= 11 is 0. The number of rotatable bonds is 0. The predicted molar refractivity (Wildman–Crippen MR) is 5.75 cm³/mol. The van der Waals surface area contributed by atoms with E-state index in [-0.39, 0.29) is 105 Å². The van der Waals surface area contributed by atoms with Crippen LogP contribution in [0.4, 0.5) is 0 Å². The standard InChI is InChI=1S/Ge.3Pu. The maximum atomic E-state index is 0. The minimum absolute atomic E-state index is 0. The first kappa shape index (κ1) is 25.9. The summed E-state index contributed by atoms with van der Waals surface area (Å²) in [5.74, 6) is 0. The summed E-state index contributed by atoms with van der Waals surface area (Å²) in [5, 5.41) is 0. The van der Waals surface area contributed by atoms with Crippen molar-refractivity contribution in [2.75, 3.05) is 0 Å². The van der Waals surface area contributed by atoms with Gasteiger partial charge in [-0.1, -0.05) is 0 Å². The van der Waals surface area contributed by atoms with Crippen LogP contribution in [0.5, 0.6) is 0 Å². The van der Waals surface area contributed by atoms with E-state index in [1.54, 1.807) is 0 Å². The molecule has 22 valence electrons. The Bertz CT molecular complexity index is 3.25. The van der Waals surface area contributed by atoms with Crippen molar-refractivity contribution in [2.45, 2.75) is 0 Å². The Labute approximate surface area is 103 Å². The monoisotopic (exact) mass is 788 g/mol. The second kappa shape index (κ2) is 16.0. The topological polar surface area (TPSA) is 0 Å². The van der Waals surface area contributed by atoms with Gasteiger partial charge < -0.3 is 0 Å². The summed E-state index contributed by atoms with van der Waals surface area (Å²) in [7, 11) is 0. The van der Waals surface area contributed by atoms with Crippen LogP contribution in [-0.4, -0.2) is 17.6 Å². The molecule has 0 aromatic heterocycles. The summed E-state index contributed by atoms with van der Waals surface area (Å²) in [5.41, 5.74) is 0. The number of hydrogen-bond acceptors (Lipinski definition) is 0. The fourth-order valence-corrected chi connectivity index (χ4v) is 0. The summed E-state index contributed by atoms with van der Waals surface area (Å²) in [6.07, 6.45) is 0. The van der Waals surface area contributed by atoms with Gasteiger partial charge in [0.05, 0.1) is 0 Å². The van der Waals surface area contributed by atoms with E-state index >= 15 is 0 Å². The first-order chi connectivity index (χ1) is 0. The van der Waals surface area contributed by atoms with E-state index in [9.17, 15) is 0 Å². The first-order valence-electron chi connectivity index (χ1n) is 0. The third-order valence-corrected chi connectivity index (χ3v) is 0. The van der Waals surface area contributed by atoms with Crippen LogP contribution < -0.4 is 0 Å². The van der Waals surface area contributed by atoms with E-state index in [0.717, 1.165) is 0 Å². The van der Waals surface area contributed by atoms with E-state index in [1.807, 2.05) is 0 Å². The molecule has 0 spiro atoms. The molecule has 0 amide bonds. The molecule has 0 saturated carbocycles. The maximum absolute atomic E-state index is 0. The van der Waals surface area contributed by atoms with Gasteiger partial charge in [0.2, 0.25) is 0 Å². The van der Waals surface area contributed by atoms with Crippen molar-refractivity contribution in [3.8, 4) is 0 Å². The molecule has 0 fully saturated rings. The molecule has 4 heavy (non-hydrogen) atoms. The van der Waals surface area contributed by atoms with Crippen LogP contribution in [0.15, 0.2) is 0 Å². The minimum Gasteiger partial charge on any atom is 0 e. The van der Waals surface area contributed by atoms with Gasteiger partial charge in [-0.3, -0.25) is 0 Å². The van der Waals surface area contributed by atoms with E-state index in [1.165, 1.54) is 0 Å². The zero-order valence-corrected chi connectivity index (χ0v) is 14.0. The maximum Gasteiger partial charge on any atom is 0 e. The summed E-state index contributed by atoms with van der Waals surface area (Å²) in [4.78, 5) is 0. The number of hydrogen-bond donors (Lipinski definition) is 0. The summed E-state index contributed by atoms with van der Waals surface area (Å²) in [6.45, 7) is 0. The van der Waals surface area contributed by atoms with Crippen LogP contribution in [0.2, 0.25) is 0 Å². The Balaban J connectivity index is 0. The molecule has 0 saturated heterocycles. The molecule has 0 N–H and O–H groups in total. The van der Waals surface area contributed by atoms with Gasteiger partial charge in [-0.2, -0.15) is 0 Å². The zero-order chi connectivity index (χ0) is 0. The first-order valence-corrected chi connectivity index (χ1v) is 0. The Morgan fingerprint density at radius 1 is 0.500 bits per heavy atom. The van der Waals surface area contributed by atoms with E-state index in [4.69, 9.17) is 0 Å². The van der Waals surface area contributed by atoms with Gasteiger partial charge >= 0.3 is 0 Å². The Hall–Kier alpha value is 3.50. The molecule has 0 aliphatic heterocycles. The van der Waals surface area contributed by atoms with E-state index < -0.39 is 0 Å². The molecule has 0 aromatic rings. The largest absolute Gasteiger partial charge is 0 e. The van der Waals surface area contributed by atoms with Crippen molar-refractivity contribution < 1.29 is 87.5 Å². The third kappa shape index (κ3) is 9.09. The fourth-order valence-electron chi connectivity index (χ4n) is 0. The molecule has 4 heteroatoms. The van der Waals surface area contributed by atoms with Crippen molar-refractivity contribution >= 4 is 17.6 Å². The average Bonchev–Trinajstić information content (AvgIpc) is 0. The predicted octanol–water partition coefficient (Wildman–Crippen LogP) is -0.381. The van der Waals surface area contributed by atoms with Gasteiger partial charge in [0.1, 0.15) is 0 Å². The molecule has 4 radical (unpaired) electrons. The van der Waals surface area contributed by atoms with Crippen molar-refractivity contribution in [3.63, 3.8) is 0 Å². The Morgan fingerprint density at radius 3 is 0.500 bits per heavy atom. The molecule has 0 rings (SSSR count). The second-order valence-corrected chi connectivity index (χ2v) is 0. The molecule has 0 aliphatic rings. The van der Waals surface area contributed by atoms with Gasteiger partial charge in [-0.05, 0) is 0 Å². The minimum atomic E-state index is 0. The van der Waals surface area contributed by atoms with Crippen molar-refractivity contribution in [1.82, 2.24) is 0 Å². The van der Waals surface area contributed by atoms with Gasteiger partial charge in [0.15, 0.2) is 0 Å². The molecule has 0 atom stereocenters. The molecule has 0 unspecified atom stereocenters. The zero-order valence-electron chi connectivity index (χ0n) is 1.72. The molecule has 0 aromatic carbocycles. The summed E-state index contributed by atoms with van der Waals surface area (Å²) < 4.78 is 0. The van der Waals surface area contributed by atoms with Crippen molar-refractivity contribution in [1.29, 1.82) is 0 Å². The Morgan fingerprint density at radius 2 is 0.500 bits per heavy atom. The van der Waals surface area contributed by atoms with Crippen LogP contribution in [0.3, 0.4) is 0 Å². The second-order valence-electron chi connectivity index (χ2n) is 0. The molecule has 0 bridgehead atoms.